The molecule has 0 spiro atoms. The lowest BCUT2D eigenvalue weighted by Gasteiger charge is -2.13. The van der Waals surface area contributed by atoms with Crippen LogP contribution in [0.5, 0.6) is 11.5 Å². The van der Waals surface area contributed by atoms with Gasteiger partial charge in [0.25, 0.3) is 0 Å². The maximum atomic E-state index is 11.5. The quantitative estimate of drug-likeness (QED) is 0.812. The Morgan fingerprint density at radius 1 is 1.17 bits per heavy atom. The van der Waals surface area contributed by atoms with Gasteiger partial charge in [0.15, 0.2) is 0 Å². The van der Waals surface area contributed by atoms with E-state index in [4.69, 9.17) is 9.47 Å². The molecule has 0 aliphatic carbocycles. The Balaban J connectivity index is 2.97. The molecule has 0 aromatic heterocycles. The summed E-state index contributed by atoms with van der Waals surface area (Å²) in [6, 6.07) is 3.44. The van der Waals surface area contributed by atoms with Crippen LogP contribution in [0.1, 0.15) is 18.9 Å². The third-order valence-electron chi connectivity index (χ3n) is 2.40. The molecule has 1 rings (SSSR count). The van der Waals surface area contributed by atoms with Gasteiger partial charge < -0.3 is 14.8 Å². The molecule has 0 saturated heterocycles. The second kappa shape index (κ2) is 6.05. The monoisotopic (exact) mass is 251 g/mol. The Kier molecular flexibility index (Phi) is 4.71. The van der Waals surface area contributed by atoms with Crippen molar-refractivity contribution in [1.29, 1.82) is 0 Å². The van der Waals surface area contributed by atoms with Crippen molar-refractivity contribution < 1.29 is 19.1 Å². The van der Waals surface area contributed by atoms with Crippen LogP contribution in [-0.2, 0) is 9.59 Å². The highest BCUT2D eigenvalue weighted by atomic mass is 16.5. The topological polar surface area (TPSA) is 64.6 Å². The average molecular weight is 251 g/mol. The Bertz CT molecular complexity index is 468. The predicted molar refractivity (Wildman–Crippen MR) is 68.2 cm³/mol. The van der Waals surface area contributed by atoms with E-state index in [1.165, 1.54) is 14.0 Å². The van der Waals surface area contributed by atoms with Gasteiger partial charge >= 0.3 is 0 Å². The minimum atomic E-state index is -0.356. The number of benzene rings is 1. The number of rotatable bonds is 5. The summed E-state index contributed by atoms with van der Waals surface area (Å²) in [5.74, 6) is 0.632. The summed E-state index contributed by atoms with van der Waals surface area (Å²) in [5, 5.41) is 2.64. The van der Waals surface area contributed by atoms with Gasteiger partial charge in [-0.2, -0.15) is 0 Å². The van der Waals surface area contributed by atoms with Crippen LogP contribution < -0.4 is 14.8 Å². The first-order valence-corrected chi connectivity index (χ1v) is 5.49. The molecule has 18 heavy (non-hydrogen) atoms. The normalized spacial score (nSPS) is 9.78. The van der Waals surface area contributed by atoms with Gasteiger partial charge in [0.2, 0.25) is 5.91 Å². The highest BCUT2D eigenvalue weighted by Crippen LogP contribution is 2.32. The third kappa shape index (κ3) is 3.48. The van der Waals surface area contributed by atoms with Crippen LogP contribution >= 0.6 is 0 Å². The van der Waals surface area contributed by atoms with Crippen molar-refractivity contribution in [3.8, 4) is 11.5 Å². The largest absolute Gasteiger partial charge is 0.496 e. The minimum Gasteiger partial charge on any atom is -0.496 e. The summed E-state index contributed by atoms with van der Waals surface area (Å²) < 4.78 is 10.3. The maximum Gasteiger partial charge on any atom is 0.231 e. The van der Waals surface area contributed by atoms with Gasteiger partial charge in [-0.25, -0.2) is 0 Å². The molecular formula is C13H17NO4. The van der Waals surface area contributed by atoms with E-state index in [2.05, 4.69) is 5.32 Å². The van der Waals surface area contributed by atoms with E-state index in [1.807, 2.05) is 6.92 Å². The summed E-state index contributed by atoms with van der Waals surface area (Å²) in [4.78, 5) is 22.4. The molecule has 0 saturated carbocycles. The number of aryl methyl sites for hydroxylation is 1. The summed E-state index contributed by atoms with van der Waals surface area (Å²) in [5.41, 5.74) is 1.40. The molecule has 0 atom stereocenters. The number of hydrogen-bond acceptors (Lipinski definition) is 4. The molecule has 0 unspecified atom stereocenters. The molecule has 1 aromatic carbocycles. The Hall–Kier alpha value is -2.04. The lowest BCUT2D eigenvalue weighted by molar-refractivity contribution is -0.124. The molecule has 0 aliphatic rings. The second-order valence-corrected chi connectivity index (χ2v) is 3.95. The Morgan fingerprint density at radius 3 is 2.28 bits per heavy atom. The van der Waals surface area contributed by atoms with Gasteiger partial charge in [-0.3, -0.25) is 9.59 Å². The number of nitrogens with one attached hydrogen (secondary N) is 1. The fraction of sp³-hybridized carbons (Fsp3) is 0.385. The van der Waals surface area contributed by atoms with E-state index < -0.39 is 0 Å². The lowest BCUT2D eigenvalue weighted by Crippen LogP contribution is -2.15. The first kappa shape index (κ1) is 14.0. The van der Waals surface area contributed by atoms with Crippen molar-refractivity contribution in [1.82, 2.24) is 0 Å². The molecule has 1 amide bonds. The summed E-state index contributed by atoms with van der Waals surface area (Å²) in [7, 11) is 3.07. The third-order valence-corrected chi connectivity index (χ3v) is 2.40. The number of hydrogen-bond donors (Lipinski definition) is 1. The van der Waals surface area contributed by atoms with E-state index in [0.717, 1.165) is 5.56 Å². The average Bonchev–Trinajstić information content (AvgIpc) is 2.28. The fourth-order valence-electron chi connectivity index (χ4n) is 1.58. The van der Waals surface area contributed by atoms with E-state index in [9.17, 15) is 9.59 Å². The highest BCUT2D eigenvalue weighted by molar-refractivity contribution is 6.04. The van der Waals surface area contributed by atoms with Crippen LogP contribution in [-0.4, -0.2) is 25.9 Å². The van der Waals surface area contributed by atoms with Crippen LogP contribution in [0.25, 0.3) is 0 Å². The zero-order valence-electron chi connectivity index (χ0n) is 11.0. The fourth-order valence-corrected chi connectivity index (χ4v) is 1.58. The number of methoxy groups -OCH3 is 2. The number of amides is 1. The number of ketones is 1. The zero-order valence-corrected chi connectivity index (χ0v) is 11.0. The van der Waals surface area contributed by atoms with Crippen LogP contribution in [0.2, 0.25) is 0 Å². The standard InChI is InChI=1S/C13H17NO4/c1-8-5-10(14-13(16)6-9(2)15)12(18-4)7-11(8)17-3/h5,7H,6H2,1-4H3,(H,14,16). The molecule has 5 heteroatoms. The van der Waals surface area contributed by atoms with Crippen LogP contribution in [0.15, 0.2) is 12.1 Å². The van der Waals surface area contributed by atoms with Crippen molar-refractivity contribution in [2.45, 2.75) is 20.3 Å². The second-order valence-electron chi connectivity index (χ2n) is 3.95. The number of Topliss-reactive ketones (excluding diaryl/α,β-unsaturated/α-hetero) is 1. The molecule has 1 N–H and O–H groups in total. The maximum absolute atomic E-state index is 11.5. The zero-order chi connectivity index (χ0) is 13.7. The lowest BCUT2D eigenvalue weighted by atomic mass is 10.1. The van der Waals surface area contributed by atoms with Crippen molar-refractivity contribution in [3.63, 3.8) is 0 Å². The van der Waals surface area contributed by atoms with Crippen LogP contribution in [0.3, 0.4) is 0 Å². The van der Waals surface area contributed by atoms with E-state index in [-0.39, 0.29) is 18.1 Å². The van der Waals surface area contributed by atoms with Crippen molar-refractivity contribution >= 4 is 17.4 Å². The summed E-state index contributed by atoms with van der Waals surface area (Å²) in [6.45, 7) is 3.23. The van der Waals surface area contributed by atoms with Gasteiger partial charge in [0.05, 0.1) is 26.3 Å². The van der Waals surface area contributed by atoms with Crippen molar-refractivity contribution in [3.05, 3.63) is 17.7 Å². The predicted octanol–water partition coefficient (Wildman–Crippen LogP) is 1.93. The van der Waals surface area contributed by atoms with E-state index in [0.29, 0.717) is 17.2 Å². The molecule has 0 fully saturated rings. The number of carbonyl (C=O) groups excluding carboxylic acids is 2. The number of carbonyl (C=O) groups is 2. The van der Waals surface area contributed by atoms with E-state index >= 15 is 0 Å². The SMILES string of the molecule is COc1cc(OC)c(NC(=O)CC(C)=O)cc1C. The number of anilines is 1. The van der Waals surface area contributed by atoms with E-state index in [1.54, 1.807) is 19.2 Å². The van der Waals surface area contributed by atoms with Gasteiger partial charge in [-0.1, -0.05) is 0 Å². The molecule has 5 nitrogen and oxygen atoms in total. The van der Waals surface area contributed by atoms with Gasteiger partial charge in [-0.05, 0) is 25.5 Å². The molecule has 1 aromatic rings. The molecular weight excluding hydrogens is 234 g/mol. The highest BCUT2D eigenvalue weighted by Gasteiger charge is 2.12. The minimum absolute atomic E-state index is 0.145. The van der Waals surface area contributed by atoms with Crippen molar-refractivity contribution in [2.24, 2.45) is 0 Å². The molecule has 98 valence electrons. The molecule has 0 radical (unpaired) electrons. The van der Waals surface area contributed by atoms with Crippen LogP contribution in [0, 0.1) is 6.92 Å². The first-order chi connectivity index (χ1) is 8.47. The number of ether oxygens (including phenoxy) is 2. The van der Waals surface area contributed by atoms with Gasteiger partial charge in [-0.15, -0.1) is 0 Å². The summed E-state index contributed by atoms with van der Waals surface area (Å²) >= 11 is 0. The smallest absolute Gasteiger partial charge is 0.231 e. The van der Waals surface area contributed by atoms with Crippen molar-refractivity contribution in [2.75, 3.05) is 19.5 Å². The Labute approximate surface area is 106 Å². The summed E-state index contributed by atoms with van der Waals surface area (Å²) in [6.07, 6.45) is -0.145. The van der Waals surface area contributed by atoms with Gasteiger partial charge in [0.1, 0.15) is 17.3 Å². The van der Waals surface area contributed by atoms with Crippen LogP contribution in [0.4, 0.5) is 5.69 Å². The molecule has 0 aliphatic heterocycles. The Morgan fingerprint density at radius 2 is 1.78 bits per heavy atom. The molecule has 0 bridgehead atoms. The van der Waals surface area contributed by atoms with Gasteiger partial charge in [0, 0.05) is 6.07 Å². The first-order valence-electron chi connectivity index (χ1n) is 5.49. The molecule has 0 heterocycles.